The number of benzene rings is 1. The Morgan fingerprint density at radius 1 is 1.00 bits per heavy atom. The van der Waals surface area contributed by atoms with E-state index in [9.17, 15) is 17.6 Å². The van der Waals surface area contributed by atoms with Crippen LogP contribution in [0.3, 0.4) is 0 Å². The number of rotatable bonds is 1. The Morgan fingerprint density at radius 2 is 1.65 bits per heavy atom. The fourth-order valence-electron chi connectivity index (χ4n) is 2.12. The van der Waals surface area contributed by atoms with Gasteiger partial charge in [0.2, 0.25) is 0 Å². The summed E-state index contributed by atoms with van der Waals surface area (Å²) >= 11 is 0. The van der Waals surface area contributed by atoms with Gasteiger partial charge in [0.25, 0.3) is 0 Å². The van der Waals surface area contributed by atoms with Gasteiger partial charge in [0, 0.05) is 13.1 Å². The summed E-state index contributed by atoms with van der Waals surface area (Å²) in [5.41, 5.74) is -1.11. The molecule has 17 heavy (non-hydrogen) atoms. The monoisotopic (exact) mass is 247 g/mol. The second-order valence-electron chi connectivity index (χ2n) is 4.18. The van der Waals surface area contributed by atoms with E-state index in [0.29, 0.717) is 13.1 Å². The van der Waals surface area contributed by atoms with Crippen LogP contribution in [0.2, 0.25) is 0 Å². The predicted octanol–water partition coefficient (Wildman–Crippen LogP) is 3.83. The summed E-state index contributed by atoms with van der Waals surface area (Å²) in [5.74, 6) is -1.15. The molecule has 0 aromatic heterocycles. The van der Waals surface area contributed by atoms with Crippen LogP contribution in [-0.2, 0) is 6.18 Å². The molecule has 1 aromatic carbocycles. The van der Waals surface area contributed by atoms with Crippen LogP contribution >= 0.6 is 0 Å². The van der Waals surface area contributed by atoms with Crippen molar-refractivity contribution in [2.24, 2.45) is 0 Å². The number of halogens is 4. The van der Waals surface area contributed by atoms with Gasteiger partial charge in [-0.1, -0.05) is 6.07 Å². The number of alkyl halides is 3. The lowest BCUT2D eigenvalue weighted by molar-refractivity contribution is -0.139. The largest absolute Gasteiger partial charge is 0.419 e. The molecule has 0 aliphatic carbocycles. The van der Waals surface area contributed by atoms with Gasteiger partial charge in [0.15, 0.2) is 5.82 Å². The van der Waals surface area contributed by atoms with Crippen LogP contribution in [0.15, 0.2) is 18.2 Å². The van der Waals surface area contributed by atoms with Crippen LogP contribution < -0.4 is 4.90 Å². The highest BCUT2D eigenvalue weighted by Crippen LogP contribution is 2.35. The molecule has 0 amide bonds. The lowest BCUT2D eigenvalue weighted by Crippen LogP contribution is -2.30. The molecule has 1 fully saturated rings. The summed E-state index contributed by atoms with van der Waals surface area (Å²) in [6, 6.07) is 3.45. The van der Waals surface area contributed by atoms with Crippen molar-refractivity contribution in [2.75, 3.05) is 18.0 Å². The third-order valence-corrected chi connectivity index (χ3v) is 2.98. The maximum atomic E-state index is 13.8. The quantitative estimate of drug-likeness (QED) is 0.681. The van der Waals surface area contributed by atoms with Crippen LogP contribution in [0, 0.1) is 5.82 Å². The molecule has 0 saturated carbocycles. The Labute approximate surface area is 97.0 Å². The van der Waals surface area contributed by atoms with Gasteiger partial charge in [-0.05, 0) is 31.4 Å². The maximum Gasteiger partial charge on any atom is 0.419 e. The molecular formula is C12H13F4N. The van der Waals surface area contributed by atoms with Crippen molar-refractivity contribution in [3.8, 4) is 0 Å². The van der Waals surface area contributed by atoms with E-state index in [2.05, 4.69) is 0 Å². The molecule has 0 atom stereocenters. The van der Waals surface area contributed by atoms with E-state index in [-0.39, 0.29) is 5.69 Å². The van der Waals surface area contributed by atoms with E-state index in [0.717, 1.165) is 25.3 Å². The SMILES string of the molecule is Fc1c(N2CCCCC2)cccc1C(F)(F)F. The number of hydrogen-bond acceptors (Lipinski definition) is 1. The summed E-state index contributed by atoms with van der Waals surface area (Å²) in [6.45, 7) is 1.25. The van der Waals surface area contributed by atoms with Crippen molar-refractivity contribution in [1.29, 1.82) is 0 Å². The average Bonchev–Trinajstić information content (AvgIpc) is 2.29. The van der Waals surface area contributed by atoms with E-state index < -0.39 is 17.6 Å². The molecule has 0 bridgehead atoms. The summed E-state index contributed by atoms with van der Waals surface area (Å²) in [7, 11) is 0. The van der Waals surface area contributed by atoms with Crippen molar-refractivity contribution in [2.45, 2.75) is 25.4 Å². The lowest BCUT2D eigenvalue weighted by Gasteiger charge is -2.29. The molecule has 94 valence electrons. The molecule has 0 N–H and O–H groups in total. The van der Waals surface area contributed by atoms with Gasteiger partial charge in [-0.15, -0.1) is 0 Å². The molecule has 1 heterocycles. The van der Waals surface area contributed by atoms with Crippen molar-refractivity contribution in [3.05, 3.63) is 29.6 Å². The third kappa shape index (κ3) is 2.53. The summed E-state index contributed by atoms with van der Waals surface area (Å²) < 4.78 is 51.4. The van der Waals surface area contributed by atoms with Gasteiger partial charge in [-0.25, -0.2) is 4.39 Å². The normalized spacial score (nSPS) is 17.3. The molecule has 0 radical (unpaired) electrons. The molecule has 1 nitrogen and oxygen atoms in total. The second-order valence-corrected chi connectivity index (χ2v) is 4.18. The number of nitrogens with zero attached hydrogens (tertiary/aromatic N) is 1. The Hall–Kier alpha value is -1.26. The Balaban J connectivity index is 2.35. The van der Waals surface area contributed by atoms with Gasteiger partial charge in [-0.3, -0.25) is 0 Å². The van der Waals surface area contributed by atoms with E-state index in [1.165, 1.54) is 12.1 Å². The minimum Gasteiger partial charge on any atom is -0.369 e. The number of piperidine rings is 1. The zero-order valence-corrected chi connectivity index (χ0v) is 9.23. The van der Waals surface area contributed by atoms with E-state index in [1.54, 1.807) is 4.90 Å². The maximum absolute atomic E-state index is 13.8. The van der Waals surface area contributed by atoms with Crippen molar-refractivity contribution < 1.29 is 17.6 Å². The second kappa shape index (κ2) is 4.55. The molecular weight excluding hydrogens is 234 g/mol. The molecule has 1 aliphatic rings. The molecule has 1 aliphatic heterocycles. The summed E-state index contributed by atoms with van der Waals surface area (Å²) in [6.07, 6.45) is -1.78. The molecule has 2 rings (SSSR count). The fourth-order valence-corrected chi connectivity index (χ4v) is 2.12. The Morgan fingerprint density at radius 3 is 2.24 bits per heavy atom. The van der Waals surface area contributed by atoms with Crippen LogP contribution in [0.25, 0.3) is 0 Å². The predicted molar refractivity (Wildman–Crippen MR) is 57.5 cm³/mol. The number of anilines is 1. The van der Waals surface area contributed by atoms with Crippen LogP contribution in [0.5, 0.6) is 0 Å². The standard InChI is InChI=1S/C12H13F4N/c13-11-9(12(14,15)16)5-4-6-10(11)17-7-2-1-3-8-17/h4-6H,1-3,7-8H2. The first kappa shape index (κ1) is 12.2. The van der Waals surface area contributed by atoms with Gasteiger partial charge in [0.1, 0.15) is 0 Å². The van der Waals surface area contributed by atoms with Crippen molar-refractivity contribution in [1.82, 2.24) is 0 Å². The lowest BCUT2D eigenvalue weighted by atomic mass is 10.1. The minimum atomic E-state index is -4.63. The van der Waals surface area contributed by atoms with Crippen molar-refractivity contribution >= 4 is 5.69 Å². The van der Waals surface area contributed by atoms with Gasteiger partial charge >= 0.3 is 6.18 Å². The first-order valence-corrected chi connectivity index (χ1v) is 5.61. The molecule has 1 saturated heterocycles. The molecule has 1 aromatic rings. The van der Waals surface area contributed by atoms with Crippen LogP contribution in [0.1, 0.15) is 24.8 Å². The highest BCUT2D eigenvalue weighted by Gasteiger charge is 2.35. The fraction of sp³-hybridized carbons (Fsp3) is 0.500. The zero-order chi connectivity index (χ0) is 12.5. The highest BCUT2D eigenvalue weighted by molar-refractivity contribution is 5.51. The minimum absolute atomic E-state index is 0.0690. The van der Waals surface area contributed by atoms with E-state index in [1.807, 2.05) is 0 Å². The average molecular weight is 247 g/mol. The van der Waals surface area contributed by atoms with Crippen molar-refractivity contribution in [3.63, 3.8) is 0 Å². The summed E-state index contributed by atoms with van der Waals surface area (Å²) in [4.78, 5) is 1.69. The number of hydrogen-bond donors (Lipinski definition) is 0. The van der Waals surface area contributed by atoms with Gasteiger partial charge in [-0.2, -0.15) is 13.2 Å². The highest BCUT2D eigenvalue weighted by atomic mass is 19.4. The topological polar surface area (TPSA) is 3.24 Å². The van der Waals surface area contributed by atoms with E-state index in [4.69, 9.17) is 0 Å². The zero-order valence-electron chi connectivity index (χ0n) is 9.23. The van der Waals surface area contributed by atoms with Gasteiger partial charge in [0.05, 0.1) is 11.3 Å². The smallest absolute Gasteiger partial charge is 0.369 e. The van der Waals surface area contributed by atoms with Gasteiger partial charge < -0.3 is 4.90 Å². The first-order valence-electron chi connectivity index (χ1n) is 5.61. The Bertz CT molecular complexity index is 394. The van der Waals surface area contributed by atoms with Crippen LogP contribution in [-0.4, -0.2) is 13.1 Å². The molecule has 5 heteroatoms. The van der Waals surface area contributed by atoms with E-state index >= 15 is 0 Å². The third-order valence-electron chi connectivity index (χ3n) is 2.98. The summed E-state index contributed by atoms with van der Waals surface area (Å²) in [5, 5.41) is 0. The van der Waals surface area contributed by atoms with Crippen LogP contribution in [0.4, 0.5) is 23.2 Å². The first-order chi connectivity index (χ1) is 8.00. The molecule has 0 unspecified atom stereocenters. The molecule has 0 spiro atoms. The Kier molecular flexibility index (Phi) is 3.26.